The third-order valence-electron chi connectivity index (χ3n) is 3.52. The Labute approximate surface area is 130 Å². The maximum absolute atomic E-state index is 13.6. The van der Waals surface area contributed by atoms with Gasteiger partial charge in [0.1, 0.15) is 12.4 Å². The van der Waals surface area contributed by atoms with Gasteiger partial charge in [-0.05, 0) is 47.0 Å². The molecule has 1 aliphatic carbocycles. The highest BCUT2D eigenvalue weighted by atomic mass is 79.9. The van der Waals surface area contributed by atoms with Crippen molar-refractivity contribution in [3.8, 4) is 0 Å². The fourth-order valence-electron chi connectivity index (χ4n) is 2.51. The molecule has 0 amide bonds. The average Bonchev–Trinajstić information content (AvgIpc) is 2.92. The van der Waals surface area contributed by atoms with Gasteiger partial charge in [-0.3, -0.25) is 4.79 Å². The Morgan fingerprint density at radius 1 is 1.38 bits per heavy atom. The summed E-state index contributed by atoms with van der Waals surface area (Å²) in [5, 5.41) is 8.97. The summed E-state index contributed by atoms with van der Waals surface area (Å²) >= 11 is 2.96. The summed E-state index contributed by atoms with van der Waals surface area (Å²) in [6.07, 6.45) is 2.99. The Morgan fingerprint density at radius 3 is 2.52 bits per heavy atom. The van der Waals surface area contributed by atoms with Crippen molar-refractivity contribution in [1.82, 2.24) is 4.31 Å². The molecule has 116 valence electrons. The number of aliphatic carboxylic acids is 1. The van der Waals surface area contributed by atoms with E-state index in [4.69, 9.17) is 5.11 Å². The molecule has 1 aromatic carbocycles. The topological polar surface area (TPSA) is 74.7 Å². The van der Waals surface area contributed by atoms with Crippen LogP contribution in [0.4, 0.5) is 4.39 Å². The van der Waals surface area contributed by atoms with Crippen molar-refractivity contribution in [3.05, 3.63) is 28.5 Å². The van der Waals surface area contributed by atoms with Gasteiger partial charge in [0, 0.05) is 6.04 Å². The van der Waals surface area contributed by atoms with Gasteiger partial charge in [-0.15, -0.1) is 0 Å². The molecule has 2 rings (SSSR count). The van der Waals surface area contributed by atoms with Crippen molar-refractivity contribution in [1.29, 1.82) is 0 Å². The minimum absolute atomic E-state index is 0.159. The van der Waals surface area contributed by atoms with Gasteiger partial charge in [-0.1, -0.05) is 12.8 Å². The van der Waals surface area contributed by atoms with Crippen LogP contribution in [0.3, 0.4) is 0 Å². The lowest BCUT2D eigenvalue weighted by molar-refractivity contribution is -0.137. The lowest BCUT2D eigenvalue weighted by Crippen LogP contribution is -2.42. The van der Waals surface area contributed by atoms with E-state index in [1.807, 2.05) is 0 Å². The summed E-state index contributed by atoms with van der Waals surface area (Å²) in [5.41, 5.74) is 0. The first-order valence-corrected chi connectivity index (χ1v) is 8.74. The van der Waals surface area contributed by atoms with E-state index in [9.17, 15) is 17.6 Å². The molecule has 1 aliphatic rings. The Balaban J connectivity index is 2.40. The maximum Gasteiger partial charge on any atom is 0.318 e. The van der Waals surface area contributed by atoms with Crippen molar-refractivity contribution in [3.63, 3.8) is 0 Å². The first kappa shape index (κ1) is 16.4. The van der Waals surface area contributed by atoms with Crippen molar-refractivity contribution in [2.45, 2.75) is 36.6 Å². The number of carbonyl (C=O) groups is 1. The number of nitrogens with zero attached hydrogens (tertiary/aromatic N) is 1. The van der Waals surface area contributed by atoms with E-state index < -0.39 is 28.4 Å². The van der Waals surface area contributed by atoms with Crippen LogP contribution < -0.4 is 0 Å². The zero-order chi connectivity index (χ0) is 15.6. The van der Waals surface area contributed by atoms with Crippen molar-refractivity contribution < 1.29 is 22.7 Å². The molecule has 0 atom stereocenters. The monoisotopic (exact) mass is 379 g/mol. The first-order chi connectivity index (χ1) is 9.82. The van der Waals surface area contributed by atoms with Crippen LogP contribution >= 0.6 is 15.9 Å². The third kappa shape index (κ3) is 3.61. The predicted octanol–water partition coefficient (Wildman–Crippen LogP) is 2.61. The molecule has 0 radical (unpaired) electrons. The van der Waals surface area contributed by atoms with Crippen LogP contribution in [0.2, 0.25) is 0 Å². The summed E-state index contributed by atoms with van der Waals surface area (Å²) in [7, 11) is -4.03. The van der Waals surface area contributed by atoms with Crippen LogP contribution in [-0.2, 0) is 14.8 Å². The molecule has 0 heterocycles. The molecule has 0 bridgehead atoms. The first-order valence-electron chi connectivity index (χ1n) is 6.51. The van der Waals surface area contributed by atoms with Crippen LogP contribution in [0, 0.1) is 5.82 Å². The van der Waals surface area contributed by atoms with Crippen molar-refractivity contribution in [2.75, 3.05) is 6.54 Å². The molecular weight excluding hydrogens is 365 g/mol. The van der Waals surface area contributed by atoms with E-state index in [0.29, 0.717) is 12.8 Å². The van der Waals surface area contributed by atoms with Crippen LogP contribution in [-0.4, -0.2) is 36.4 Å². The molecule has 0 unspecified atom stereocenters. The van der Waals surface area contributed by atoms with E-state index in [0.717, 1.165) is 23.2 Å². The standard InChI is InChI=1S/C13H15BrFNO4S/c14-11-6-5-10(7-12(11)15)21(19,20)16(8-13(17)18)9-3-1-2-4-9/h5-7,9H,1-4,8H2,(H,17,18). The van der Waals surface area contributed by atoms with Crippen molar-refractivity contribution in [2.24, 2.45) is 0 Å². The summed E-state index contributed by atoms with van der Waals surface area (Å²) in [6.45, 7) is -0.606. The van der Waals surface area contributed by atoms with Crippen LogP contribution in [0.5, 0.6) is 0 Å². The molecule has 1 N–H and O–H groups in total. The lowest BCUT2D eigenvalue weighted by atomic mass is 10.2. The van der Waals surface area contributed by atoms with E-state index >= 15 is 0 Å². The second-order valence-corrected chi connectivity index (χ2v) is 7.70. The Morgan fingerprint density at radius 2 is 2.00 bits per heavy atom. The molecule has 0 saturated heterocycles. The van der Waals surface area contributed by atoms with Gasteiger partial charge >= 0.3 is 5.97 Å². The number of hydrogen-bond donors (Lipinski definition) is 1. The van der Waals surface area contributed by atoms with Crippen LogP contribution in [0.15, 0.2) is 27.6 Å². The van der Waals surface area contributed by atoms with Gasteiger partial charge in [0.25, 0.3) is 0 Å². The quantitative estimate of drug-likeness (QED) is 0.852. The zero-order valence-electron chi connectivity index (χ0n) is 11.1. The molecule has 21 heavy (non-hydrogen) atoms. The fraction of sp³-hybridized carbons (Fsp3) is 0.462. The van der Waals surface area contributed by atoms with E-state index in [1.165, 1.54) is 12.1 Å². The number of carboxylic acid groups (broad SMARTS) is 1. The lowest BCUT2D eigenvalue weighted by Gasteiger charge is -2.26. The SMILES string of the molecule is O=C(O)CN(C1CCCC1)S(=O)(=O)c1ccc(Br)c(F)c1. The molecule has 0 aromatic heterocycles. The molecule has 0 aliphatic heterocycles. The third-order valence-corrected chi connectivity index (χ3v) is 6.06. The fourth-order valence-corrected chi connectivity index (χ4v) is 4.40. The molecule has 5 nitrogen and oxygen atoms in total. The summed E-state index contributed by atoms with van der Waals surface area (Å²) < 4.78 is 39.9. The normalized spacial score (nSPS) is 16.5. The highest BCUT2D eigenvalue weighted by Gasteiger charge is 2.35. The highest BCUT2D eigenvalue weighted by molar-refractivity contribution is 9.10. The summed E-state index contributed by atoms with van der Waals surface area (Å²) in [6, 6.07) is 3.14. The predicted molar refractivity (Wildman–Crippen MR) is 77.9 cm³/mol. The largest absolute Gasteiger partial charge is 0.480 e. The van der Waals surface area contributed by atoms with Gasteiger partial charge in [-0.25, -0.2) is 12.8 Å². The molecule has 0 spiro atoms. The van der Waals surface area contributed by atoms with Gasteiger partial charge in [0.2, 0.25) is 10.0 Å². The number of halogens is 2. The van der Waals surface area contributed by atoms with Crippen molar-refractivity contribution >= 4 is 31.9 Å². The van der Waals surface area contributed by atoms with E-state index in [2.05, 4.69) is 15.9 Å². The second kappa shape index (κ2) is 6.41. The van der Waals surface area contributed by atoms with Gasteiger partial charge in [-0.2, -0.15) is 4.31 Å². The number of rotatable bonds is 5. The number of carboxylic acids is 1. The second-order valence-electron chi connectivity index (χ2n) is 4.96. The smallest absolute Gasteiger partial charge is 0.318 e. The maximum atomic E-state index is 13.6. The summed E-state index contributed by atoms with van der Waals surface area (Å²) in [4.78, 5) is 10.8. The van der Waals surface area contributed by atoms with Gasteiger partial charge < -0.3 is 5.11 Å². The van der Waals surface area contributed by atoms with Crippen LogP contribution in [0.1, 0.15) is 25.7 Å². The minimum Gasteiger partial charge on any atom is -0.480 e. The number of benzene rings is 1. The summed E-state index contributed by atoms with van der Waals surface area (Å²) in [5.74, 6) is -1.92. The molecule has 8 heteroatoms. The minimum atomic E-state index is -4.03. The Kier molecular flexibility index (Phi) is 5.00. The van der Waals surface area contributed by atoms with E-state index in [1.54, 1.807) is 0 Å². The van der Waals surface area contributed by atoms with Gasteiger partial charge in [0.05, 0.1) is 9.37 Å². The number of sulfonamides is 1. The zero-order valence-corrected chi connectivity index (χ0v) is 13.5. The highest BCUT2D eigenvalue weighted by Crippen LogP contribution is 2.29. The molecule has 1 aromatic rings. The Hall–Kier alpha value is -0.990. The molecule has 1 fully saturated rings. The number of hydrogen-bond acceptors (Lipinski definition) is 3. The average molecular weight is 380 g/mol. The molecular formula is C13H15BrFNO4S. The van der Waals surface area contributed by atoms with Gasteiger partial charge in [0.15, 0.2) is 0 Å². The van der Waals surface area contributed by atoms with Crippen LogP contribution in [0.25, 0.3) is 0 Å². The van der Waals surface area contributed by atoms with E-state index in [-0.39, 0.29) is 15.4 Å². The Bertz CT molecular complexity index is 644. The molecule has 1 saturated carbocycles.